The first-order valence-corrected chi connectivity index (χ1v) is 6.24. The molecule has 2 unspecified atom stereocenters. The number of hydrogen-bond acceptors (Lipinski definition) is 5. The van der Waals surface area contributed by atoms with Crippen LogP contribution in [0.5, 0.6) is 0 Å². The van der Waals surface area contributed by atoms with Gasteiger partial charge in [-0.2, -0.15) is 4.98 Å². The van der Waals surface area contributed by atoms with Gasteiger partial charge in [0.05, 0.1) is 0 Å². The third-order valence-corrected chi connectivity index (χ3v) is 3.53. The summed E-state index contributed by atoms with van der Waals surface area (Å²) in [7, 11) is 0. The minimum absolute atomic E-state index is 0.271. The Bertz CT molecular complexity index is 551. The van der Waals surface area contributed by atoms with Gasteiger partial charge in [0, 0.05) is 29.9 Å². The highest BCUT2D eigenvalue weighted by molar-refractivity contribution is 5.57. The van der Waals surface area contributed by atoms with Crippen LogP contribution in [0.2, 0.25) is 0 Å². The Labute approximate surface area is 105 Å². The van der Waals surface area contributed by atoms with Gasteiger partial charge in [-0.05, 0) is 37.8 Å². The highest BCUT2D eigenvalue weighted by Crippen LogP contribution is 2.33. The Morgan fingerprint density at radius 2 is 2.28 bits per heavy atom. The fourth-order valence-corrected chi connectivity index (χ4v) is 2.48. The van der Waals surface area contributed by atoms with E-state index in [1.54, 1.807) is 12.4 Å². The van der Waals surface area contributed by atoms with Crippen LogP contribution in [0, 0.1) is 6.92 Å². The smallest absolute Gasteiger partial charge is 0.230 e. The normalized spacial score (nSPS) is 23.4. The molecule has 5 heteroatoms. The number of pyridine rings is 1. The Hall–Kier alpha value is -1.75. The van der Waals surface area contributed by atoms with Gasteiger partial charge in [-0.15, -0.1) is 0 Å². The number of hydrogen-bond donors (Lipinski definition) is 1. The predicted octanol–water partition coefficient (Wildman–Crippen LogP) is 2.03. The fourth-order valence-electron chi connectivity index (χ4n) is 2.48. The van der Waals surface area contributed by atoms with E-state index in [0.717, 1.165) is 30.4 Å². The molecule has 0 spiro atoms. The monoisotopic (exact) mass is 244 g/mol. The molecule has 0 aliphatic heterocycles. The van der Waals surface area contributed by atoms with Gasteiger partial charge in [-0.25, -0.2) is 0 Å². The van der Waals surface area contributed by atoms with Gasteiger partial charge in [0.25, 0.3) is 0 Å². The summed E-state index contributed by atoms with van der Waals surface area (Å²) in [6.45, 7) is 1.99. The third kappa shape index (κ3) is 2.01. The van der Waals surface area contributed by atoms with Crippen LogP contribution in [0.4, 0.5) is 0 Å². The van der Waals surface area contributed by atoms with Crippen molar-refractivity contribution in [1.82, 2.24) is 15.1 Å². The Morgan fingerprint density at radius 1 is 1.39 bits per heavy atom. The molecule has 2 heterocycles. The number of aromatic nitrogens is 3. The van der Waals surface area contributed by atoms with Crippen LogP contribution in [-0.2, 0) is 0 Å². The van der Waals surface area contributed by atoms with Crippen molar-refractivity contribution in [2.45, 2.75) is 38.1 Å². The summed E-state index contributed by atoms with van der Waals surface area (Å²) in [5.41, 5.74) is 7.93. The minimum Gasteiger partial charge on any atom is -0.339 e. The van der Waals surface area contributed by atoms with E-state index in [0.29, 0.717) is 17.6 Å². The summed E-state index contributed by atoms with van der Waals surface area (Å²) in [5, 5.41) is 4.06. The fraction of sp³-hybridized carbons (Fsp3) is 0.462. The van der Waals surface area contributed by atoms with Crippen LogP contribution in [-0.4, -0.2) is 21.2 Å². The molecule has 2 N–H and O–H groups in total. The van der Waals surface area contributed by atoms with Crippen molar-refractivity contribution in [2.24, 2.45) is 5.73 Å². The molecule has 0 bridgehead atoms. The average Bonchev–Trinajstić information content (AvgIpc) is 2.98. The summed E-state index contributed by atoms with van der Waals surface area (Å²) in [4.78, 5) is 8.56. The molecule has 1 fully saturated rings. The third-order valence-electron chi connectivity index (χ3n) is 3.53. The molecule has 0 saturated heterocycles. The zero-order chi connectivity index (χ0) is 12.5. The maximum Gasteiger partial charge on any atom is 0.230 e. The van der Waals surface area contributed by atoms with Gasteiger partial charge in [0.2, 0.25) is 11.7 Å². The average molecular weight is 244 g/mol. The molecule has 2 aromatic rings. The van der Waals surface area contributed by atoms with Crippen molar-refractivity contribution in [1.29, 1.82) is 0 Å². The maximum atomic E-state index is 5.91. The van der Waals surface area contributed by atoms with E-state index < -0.39 is 0 Å². The molecule has 1 aliphatic rings. The van der Waals surface area contributed by atoms with Crippen LogP contribution < -0.4 is 5.73 Å². The highest BCUT2D eigenvalue weighted by atomic mass is 16.5. The van der Waals surface area contributed by atoms with Crippen LogP contribution in [0.15, 0.2) is 23.0 Å². The van der Waals surface area contributed by atoms with Crippen LogP contribution >= 0.6 is 0 Å². The SMILES string of the molecule is Cc1cnccc1-c1noc(C2CCC(N)C2)n1. The first-order valence-electron chi connectivity index (χ1n) is 6.24. The van der Waals surface area contributed by atoms with Gasteiger partial charge in [-0.1, -0.05) is 5.16 Å². The summed E-state index contributed by atoms with van der Waals surface area (Å²) >= 11 is 0. The van der Waals surface area contributed by atoms with Crippen LogP contribution in [0.3, 0.4) is 0 Å². The molecular weight excluding hydrogens is 228 g/mol. The van der Waals surface area contributed by atoms with Crippen molar-refractivity contribution >= 4 is 0 Å². The molecular formula is C13H16N4O. The second kappa shape index (κ2) is 4.49. The van der Waals surface area contributed by atoms with E-state index in [1.165, 1.54) is 0 Å². The van der Waals surface area contributed by atoms with Gasteiger partial charge >= 0.3 is 0 Å². The lowest BCUT2D eigenvalue weighted by Crippen LogP contribution is -2.14. The lowest BCUT2D eigenvalue weighted by Gasteiger charge is -2.01. The lowest BCUT2D eigenvalue weighted by molar-refractivity contribution is 0.353. The first-order chi connectivity index (χ1) is 8.74. The predicted molar refractivity (Wildman–Crippen MR) is 66.8 cm³/mol. The van der Waals surface area contributed by atoms with Gasteiger partial charge < -0.3 is 10.3 Å². The molecule has 0 amide bonds. The van der Waals surface area contributed by atoms with E-state index in [4.69, 9.17) is 10.3 Å². The van der Waals surface area contributed by atoms with Gasteiger partial charge in [0.15, 0.2) is 0 Å². The zero-order valence-corrected chi connectivity index (χ0v) is 10.3. The summed E-state index contributed by atoms with van der Waals surface area (Å²) < 4.78 is 5.37. The molecule has 3 rings (SSSR count). The Kier molecular flexibility index (Phi) is 2.83. The second-order valence-electron chi connectivity index (χ2n) is 4.92. The van der Waals surface area contributed by atoms with Crippen molar-refractivity contribution in [3.63, 3.8) is 0 Å². The Balaban J connectivity index is 1.88. The van der Waals surface area contributed by atoms with E-state index >= 15 is 0 Å². The molecule has 94 valence electrons. The number of nitrogens with zero attached hydrogens (tertiary/aromatic N) is 3. The van der Waals surface area contributed by atoms with Crippen LogP contribution in [0.25, 0.3) is 11.4 Å². The summed E-state index contributed by atoms with van der Waals surface area (Å²) in [6, 6.07) is 2.18. The number of nitrogens with two attached hydrogens (primary N) is 1. The Morgan fingerprint density at radius 3 is 3.00 bits per heavy atom. The van der Waals surface area contributed by atoms with Crippen LogP contribution in [0.1, 0.15) is 36.6 Å². The summed E-state index contributed by atoms with van der Waals surface area (Å²) in [5.74, 6) is 1.68. The van der Waals surface area contributed by atoms with Gasteiger partial charge in [0.1, 0.15) is 0 Å². The van der Waals surface area contributed by atoms with Crippen molar-refractivity contribution in [3.05, 3.63) is 29.9 Å². The quantitative estimate of drug-likeness (QED) is 0.874. The van der Waals surface area contributed by atoms with E-state index in [2.05, 4.69) is 15.1 Å². The molecule has 1 saturated carbocycles. The summed E-state index contributed by atoms with van der Waals surface area (Å²) in [6.07, 6.45) is 6.56. The molecule has 0 radical (unpaired) electrons. The largest absolute Gasteiger partial charge is 0.339 e. The minimum atomic E-state index is 0.271. The van der Waals surface area contributed by atoms with Gasteiger partial charge in [-0.3, -0.25) is 4.98 Å². The van der Waals surface area contributed by atoms with Crippen molar-refractivity contribution in [2.75, 3.05) is 0 Å². The highest BCUT2D eigenvalue weighted by Gasteiger charge is 2.28. The van der Waals surface area contributed by atoms with Crippen molar-refractivity contribution in [3.8, 4) is 11.4 Å². The zero-order valence-electron chi connectivity index (χ0n) is 10.3. The van der Waals surface area contributed by atoms with Crippen molar-refractivity contribution < 1.29 is 4.52 Å². The molecule has 2 atom stereocenters. The molecule has 5 nitrogen and oxygen atoms in total. The molecule has 1 aliphatic carbocycles. The molecule has 0 aromatic carbocycles. The first kappa shape index (κ1) is 11.3. The second-order valence-corrected chi connectivity index (χ2v) is 4.92. The van der Waals surface area contributed by atoms with E-state index in [1.807, 2.05) is 13.0 Å². The van der Waals surface area contributed by atoms with E-state index in [9.17, 15) is 0 Å². The van der Waals surface area contributed by atoms with E-state index in [-0.39, 0.29) is 6.04 Å². The number of rotatable bonds is 2. The topological polar surface area (TPSA) is 77.8 Å². The molecule has 18 heavy (non-hydrogen) atoms. The molecule has 2 aromatic heterocycles. The lowest BCUT2D eigenvalue weighted by atomic mass is 10.1. The standard InChI is InChI=1S/C13H16N4O/c1-8-7-15-5-4-11(8)12-16-13(18-17-12)9-2-3-10(14)6-9/h4-5,7,9-10H,2-3,6,14H2,1H3. The maximum absolute atomic E-state index is 5.91. The number of aryl methyl sites for hydroxylation is 1.